The van der Waals surface area contributed by atoms with Crippen molar-refractivity contribution >= 4 is 15.7 Å². The fourth-order valence-electron chi connectivity index (χ4n) is 3.35. The molecule has 1 aromatic rings. The fourth-order valence-corrected chi connectivity index (χ4v) is 4.94. The fraction of sp³-hybridized carbons (Fsp3) is 0.706. The van der Waals surface area contributed by atoms with Crippen molar-refractivity contribution in [2.75, 3.05) is 11.5 Å². The Hall–Kier alpha value is -1.50. The van der Waals surface area contributed by atoms with Gasteiger partial charge in [0.1, 0.15) is 15.7 Å². The lowest BCUT2D eigenvalue weighted by Crippen LogP contribution is -2.31. The van der Waals surface area contributed by atoms with Gasteiger partial charge in [0.25, 0.3) is 0 Å². The topological polar surface area (TPSA) is 80.2 Å². The third-order valence-electron chi connectivity index (χ3n) is 4.79. The van der Waals surface area contributed by atoms with E-state index in [0.29, 0.717) is 38.3 Å². The van der Waals surface area contributed by atoms with Crippen molar-refractivity contribution in [3.05, 3.63) is 23.3 Å². The van der Waals surface area contributed by atoms with Crippen molar-refractivity contribution in [3.63, 3.8) is 0 Å². The summed E-state index contributed by atoms with van der Waals surface area (Å²) < 4.78 is 23.0. The van der Waals surface area contributed by atoms with E-state index in [1.165, 1.54) is 0 Å². The van der Waals surface area contributed by atoms with Crippen molar-refractivity contribution in [1.82, 2.24) is 14.9 Å². The van der Waals surface area contributed by atoms with Gasteiger partial charge in [0.2, 0.25) is 5.91 Å². The van der Waals surface area contributed by atoms with Crippen molar-refractivity contribution < 1.29 is 13.2 Å². The molecule has 0 atom stereocenters. The molecule has 7 heteroatoms. The lowest BCUT2D eigenvalue weighted by atomic mass is 9.98. The summed E-state index contributed by atoms with van der Waals surface area (Å²) in [6.45, 7) is 5.39. The smallest absolute Gasteiger partial charge is 0.223 e. The molecular weight excluding hydrogens is 326 g/mol. The van der Waals surface area contributed by atoms with Gasteiger partial charge in [-0.1, -0.05) is 13.8 Å². The molecule has 1 amide bonds. The van der Waals surface area contributed by atoms with Crippen molar-refractivity contribution in [3.8, 4) is 0 Å². The summed E-state index contributed by atoms with van der Waals surface area (Å²) >= 11 is 0. The first-order chi connectivity index (χ1) is 11.3. The molecule has 0 bridgehead atoms. The molecule has 1 fully saturated rings. The monoisotopic (exact) mass is 351 g/mol. The minimum absolute atomic E-state index is 0.0997. The van der Waals surface area contributed by atoms with Gasteiger partial charge in [-0.3, -0.25) is 4.79 Å². The number of carbonyl (C=O) groups excluding carboxylic acids is 1. The van der Waals surface area contributed by atoms with Crippen LogP contribution in [0.1, 0.15) is 50.2 Å². The zero-order chi connectivity index (χ0) is 17.3. The SMILES string of the molecule is CC(C)Cc1ncc2c(n1)CN(C(=O)CC1CCS(=O)(=O)CC1)C2. The molecule has 0 spiro atoms. The predicted molar refractivity (Wildman–Crippen MR) is 90.8 cm³/mol. The Bertz CT molecular complexity index is 717. The third-order valence-corrected chi connectivity index (χ3v) is 6.50. The molecule has 132 valence electrons. The number of fused-ring (bicyclic) bond motifs is 1. The van der Waals surface area contributed by atoms with Crippen LogP contribution < -0.4 is 0 Å². The maximum atomic E-state index is 12.5. The third kappa shape index (κ3) is 4.12. The van der Waals surface area contributed by atoms with Crippen LogP contribution >= 0.6 is 0 Å². The van der Waals surface area contributed by atoms with Crippen LogP contribution in [0, 0.1) is 11.8 Å². The van der Waals surface area contributed by atoms with E-state index in [2.05, 4.69) is 23.8 Å². The summed E-state index contributed by atoms with van der Waals surface area (Å²) in [4.78, 5) is 23.4. The second kappa shape index (κ2) is 6.78. The largest absolute Gasteiger partial charge is 0.332 e. The number of carbonyl (C=O) groups is 1. The molecular formula is C17H25N3O3S. The molecule has 1 aromatic heterocycles. The summed E-state index contributed by atoms with van der Waals surface area (Å²) in [6, 6.07) is 0. The quantitative estimate of drug-likeness (QED) is 0.825. The first-order valence-corrected chi connectivity index (χ1v) is 10.5. The van der Waals surface area contributed by atoms with Gasteiger partial charge in [-0.15, -0.1) is 0 Å². The molecule has 3 rings (SSSR count). The number of rotatable bonds is 4. The van der Waals surface area contributed by atoms with E-state index in [1.807, 2.05) is 11.1 Å². The highest BCUT2D eigenvalue weighted by atomic mass is 32.2. The van der Waals surface area contributed by atoms with Gasteiger partial charge >= 0.3 is 0 Å². The maximum absolute atomic E-state index is 12.5. The highest BCUT2D eigenvalue weighted by Gasteiger charge is 2.30. The Morgan fingerprint density at radius 3 is 2.67 bits per heavy atom. The number of sulfone groups is 1. The number of aromatic nitrogens is 2. The van der Waals surface area contributed by atoms with Gasteiger partial charge in [0.05, 0.1) is 23.7 Å². The Kier molecular flexibility index (Phi) is 4.90. The van der Waals surface area contributed by atoms with E-state index in [0.717, 1.165) is 23.5 Å². The lowest BCUT2D eigenvalue weighted by Gasteiger charge is -2.23. The van der Waals surface area contributed by atoms with Crippen LogP contribution in [0.15, 0.2) is 6.20 Å². The van der Waals surface area contributed by atoms with E-state index in [4.69, 9.17) is 0 Å². The second-order valence-electron chi connectivity index (χ2n) is 7.41. The van der Waals surface area contributed by atoms with Crippen LogP contribution in [0.3, 0.4) is 0 Å². The minimum Gasteiger partial charge on any atom is -0.332 e. The number of hydrogen-bond donors (Lipinski definition) is 0. The number of hydrogen-bond acceptors (Lipinski definition) is 5. The van der Waals surface area contributed by atoms with E-state index >= 15 is 0 Å². The molecule has 6 nitrogen and oxygen atoms in total. The molecule has 2 aliphatic heterocycles. The molecule has 0 aliphatic carbocycles. The second-order valence-corrected chi connectivity index (χ2v) is 9.71. The molecule has 3 heterocycles. The summed E-state index contributed by atoms with van der Waals surface area (Å²) in [7, 11) is -2.87. The van der Waals surface area contributed by atoms with Crippen molar-refractivity contribution in [1.29, 1.82) is 0 Å². The van der Waals surface area contributed by atoms with E-state index in [1.54, 1.807) is 0 Å². The highest BCUT2D eigenvalue weighted by molar-refractivity contribution is 7.91. The first kappa shape index (κ1) is 17.3. The van der Waals surface area contributed by atoms with Crippen molar-refractivity contribution in [2.45, 2.75) is 52.6 Å². The Balaban J connectivity index is 1.58. The zero-order valence-corrected chi connectivity index (χ0v) is 15.2. The first-order valence-electron chi connectivity index (χ1n) is 8.64. The van der Waals surface area contributed by atoms with Gasteiger partial charge in [0.15, 0.2) is 0 Å². The summed E-state index contributed by atoms with van der Waals surface area (Å²) in [5.74, 6) is 2.07. The summed E-state index contributed by atoms with van der Waals surface area (Å²) in [6.07, 6.45) is 4.34. The lowest BCUT2D eigenvalue weighted by molar-refractivity contribution is -0.132. The number of amides is 1. The van der Waals surface area contributed by atoms with E-state index < -0.39 is 9.84 Å². The van der Waals surface area contributed by atoms with E-state index in [-0.39, 0.29) is 23.3 Å². The van der Waals surface area contributed by atoms with Gasteiger partial charge in [0, 0.05) is 31.1 Å². The summed E-state index contributed by atoms with van der Waals surface area (Å²) in [5.41, 5.74) is 1.99. The van der Waals surface area contributed by atoms with Crippen LogP contribution in [0.25, 0.3) is 0 Å². The van der Waals surface area contributed by atoms with Gasteiger partial charge in [-0.25, -0.2) is 18.4 Å². The molecule has 0 radical (unpaired) electrons. The van der Waals surface area contributed by atoms with Gasteiger partial charge < -0.3 is 4.90 Å². The average molecular weight is 351 g/mol. The Labute approximate surface area is 143 Å². The summed E-state index contributed by atoms with van der Waals surface area (Å²) in [5, 5.41) is 0. The molecule has 0 saturated carbocycles. The molecule has 0 N–H and O–H groups in total. The molecule has 2 aliphatic rings. The predicted octanol–water partition coefficient (Wildman–Crippen LogP) is 1.73. The molecule has 0 unspecified atom stereocenters. The zero-order valence-electron chi connectivity index (χ0n) is 14.4. The average Bonchev–Trinajstić information content (AvgIpc) is 2.92. The Morgan fingerprint density at radius 2 is 2.00 bits per heavy atom. The molecule has 24 heavy (non-hydrogen) atoms. The Morgan fingerprint density at radius 1 is 1.29 bits per heavy atom. The standard InChI is InChI=1S/C17H25N3O3S/c1-12(2)7-16-18-9-14-10-20(11-15(14)19-16)17(21)8-13-3-5-24(22,23)6-4-13/h9,12-13H,3-8,10-11H2,1-2H3. The van der Waals surface area contributed by atoms with Gasteiger partial charge in [-0.2, -0.15) is 0 Å². The molecule has 1 saturated heterocycles. The number of nitrogens with zero attached hydrogens (tertiary/aromatic N) is 3. The van der Waals surface area contributed by atoms with Crippen LogP contribution in [0.4, 0.5) is 0 Å². The van der Waals surface area contributed by atoms with Crippen LogP contribution in [0.5, 0.6) is 0 Å². The minimum atomic E-state index is -2.87. The van der Waals surface area contributed by atoms with Crippen LogP contribution in [-0.2, 0) is 34.1 Å². The van der Waals surface area contributed by atoms with Crippen LogP contribution in [-0.4, -0.2) is 40.7 Å². The maximum Gasteiger partial charge on any atom is 0.223 e. The van der Waals surface area contributed by atoms with E-state index in [9.17, 15) is 13.2 Å². The normalized spacial score (nSPS) is 20.4. The van der Waals surface area contributed by atoms with Gasteiger partial charge in [-0.05, 0) is 24.7 Å². The molecule has 0 aromatic carbocycles. The highest BCUT2D eigenvalue weighted by Crippen LogP contribution is 2.26. The van der Waals surface area contributed by atoms with Crippen molar-refractivity contribution in [2.24, 2.45) is 11.8 Å². The van der Waals surface area contributed by atoms with Crippen LogP contribution in [0.2, 0.25) is 0 Å².